The lowest BCUT2D eigenvalue weighted by molar-refractivity contribution is -0.105. The van der Waals surface area contributed by atoms with Gasteiger partial charge in [0.2, 0.25) is 6.41 Å². The monoisotopic (exact) mass is 286 g/mol. The molecule has 0 saturated heterocycles. The Morgan fingerprint density at radius 3 is 2.95 bits per heavy atom. The van der Waals surface area contributed by atoms with E-state index in [1.165, 1.54) is 16.9 Å². The number of nitrogens with zero attached hydrogens (tertiary/aromatic N) is 1. The van der Waals surface area contributed by atoms with Crippen molar-refractivity contribution in [2.45, 2.75) is 13.0 Å². The van der Waals surface area contributed by atoms with Gasteiger partial charge in [-0.3, -0.25) is 9.59 Å². The summed E-state index contributed by atoms with van der Waals surface area (Å²) >= 11 is 1.47. The second-order valence-electron chi connectivity index (χ2n) is 4.70. The number of amides is 2. The van der Waals surface area contributed by atoms with Crippen LogP contribution in [0.1, 0.15) is 20.8 Å². The van der Waals surface area contributed by atoms with Crippen LogP contribution in [0.4, 0.5) is 5.69 Å². The Morgan fingerprint density at radius 2 is 2.20 bits per heavy atom. The zero-order chi connectivity index (χ0) is 13.9. The normalized spacial score (nSPS) is 13.7. The standard InChI is InChI=1S/C15H14N2O2S/c18-10-16-13-4-3-11-5-6-17(9-12(11)8-13)15(19)14-2-1-7-20-14/h1-4,7-8,10H,5-6,9H2,(H,16,18). The second kappa shape index (κ2) is 5.46. The molecule has 2 heterocycles. The number of thiophene rings is 1. The first-order chi connectivity index (χ1) is 9.78. The summed E-state index contributed by atoms with van der Waals surface area (Å²) in [5, 5.41) is 4.56. The minimum absolute atomic E-state index is 0.0828. The molecule has 1 aliphatic heterocycles. The zero-order valence-corrected chi connectivity index (χ0v) is 11.7. The Labute approximate surface area is 121 Å². The van der Waals surface area contributed by atoms with Crippen molar-refractivity contribution < 1.29 is 9.59 Å². The van der Waals surface area contributed by atoms with Crippen molar-refractivity contribution in [3.8, 4) is 0 Å². The van der Waals surface area contributed by atoms with Crippen LogP contribution in [0, 0.1) is 0 Å². The molecule has 1 aromatic heterocycles. The molecule has 102 valence electrons. The molecule has 20 heavy (non-hydrogen) atoms. The molecular weight excluding hydrogens is 272 g/mol. The van der Waals surface area contributed by atoms with Gasteiger partial charge < -0.3 is 10.2 Å². The van der Waals surface area contributed by atoms with E-state index in [2.05, 4.69) is 5.32 Å². The Balaban J connectivity index is 1.82. The van der Waals surface area contributed by atoms with Gasteiger partial charge in [0, 0.05) is 18.8 Å². The summed E-state index contributed by atoms with van der Waals surface area (Å²) < 4.78 is 0. The predicted molar refractivity (Wildman–Crippen MR) is 78.9 cm³/mol. The highest BCUT2D eigenvalue weighted by Crippen LogP contribution is 2.24. The van der Waals surface area contributed by atoms with Crippen LogP contribution in [0.5, 0.6) is 0 Å². The first-order valence-electron chi connectivity index (χ1n) is 6.42. The van der Waals surface area contributed by atoms with Gasteiger partial charge in [0.25, 0.3) is 5.91 Å². The van der Waals surface area contributed by atoms with Crippen LogP contribution in [0.2, 0.25) is 0 Å². The van der Waals surface area contributed by atoms with Crippen LogP contribution in [-0.2, 0) is 17.8 Å². The van der Waals surface area contributed by atoms with Crippen LogP contribution in [-0.4, -0.2) is 23.8 Å². The maximum absolute atomic E-state index is 12.3. The summed E-state index contributed by atoms with van der Waals surface area (Å²) in [4.78, 5) is 25.5. The van der Waals surface area contributed by atoms with Gasteiger partial charge in [-0.15, -0.1) is 11.3 Å². The maximum atomic E-state index is 12.3. The number of hydrogen-bond acceptors (Lipinski definition) is 3. The van der Waals surface area contributed by atoms with E-state index in [0.29, 0.717) is 13.0 Å². The number of nitrogens with one attached hydrogen (secondary N) is 1. The molecule has 0 atom stereocenters. The molecule has 1 aromatic carbocycles. The molecule has 0 radical (unpaired) electrons. The summed E-state index contributed by atoms with van der Waals surface area (Å²) in [6.07, 6.45) is 1.52. The lowest BCUT2D eigenvalue weighted by Gasteiger charge is -2.28. The lowest BCUT2D eigenvalue weighted by Crippen LogP contribution is -2.35. The van der Waals surface area contributed by atoms with Gasteiger partial charge in [-0.1, -0.05) is 12.1 Å². The number of carbonyl (C=O) groups is 2. The summed E-state index contributed by atoms with van der Waals surface area (Å²) in [6, 6.07) is 9.60. The van der Waals surface area contributed by atoms with Gasteiger partial charge in [0.05, 0.1) is 4.88 Å². The van der Waals surface area contributed by atoms with E-state index in [1.807, 2.05) is 40.6 Å². The lowest BCUT2D eigenvalue weighted by atomic mass is 9.99. The Morgan fingerprint density at radius 1 is 1.30 bits per heavy atom. The van der Waals surface area contributed by atoms with Crippen LogP contribution in [0.15, 0.2) is 35.7 Å². The average Bonchev–Trinajstić information content (AvgIpc) is 3.00. The quantitative estimate of drug-likeness (QED) is 0.881. The van der Waals surface area contributed by atoms with Crippen LogP contribution in [0.25, 0.3) is 0 Å². The molecule has 0 aliphatic carbocycles. The van der Waals surface area contributed by atoms with Crippen molar-refractivity contribution in [2.75, 3.05) is 11.9 Å². The van der Waals surface area contributed by atoms with E-state index in [9.17, 15) is 9.59 Å². The number of carbonyl (C=O) groups excluding carboxylic acids is 2. The maximum Gasteiger partial charge on any atom is 0.264 e. The van der Waals surface area contributed by atoms with Crippen molar-refractivity contribution in [3.63, 3.8) is 0 Å². The molecule has 1 aliphatic rings. The van der Waals surface area contributed by atoms with Crippen molar-refractivity contribution >= 4 is 29.3 Å². The highest BCUT2D eigenvalue weighted by molar-refractivity contribution is 7.12. The summed E-state index contributed by atoms with van der Waals surface area (Å²) in [5.41, 5.74) is 3.12. The molecule has 0 bridgehead atoms. The minimum atomic E-state index is 0.0828. The number of rotatable bonds is 3. The fourth-order valence-electron chi connectivity index (χ4n) is 2.44. The fourth-order valence-corrected chi connectivity index (χ4v) is 3.14. The smallest absolute Gasteiger partial charge is 0.264 e. The first kappa shape index (κ1) is 12.9. The van der Waals surface area contributed by atoms with Crippen molar-refractivity contribution in [3.05, 3.63) is 51.7 Å². The van der Waals surface area contributed by atoms with E-state index >= 15 is 0 Å². The fraction of sp³-hybridized carbons (Fsp3) is 0.200. The van der Waals surface area contributed by atoms with Gasteiger partial charge in [-0.05, 0) is 41.1 Å². The Bertz CT molecular complexity index is 637. The molecule has 0 saturated carbocycles. The number of fused-ring (bicyclic) bond motifs is 1. The molecule has 0 fully saturated rings. The zero-order valence-electron chi connectivity index (χ0n) is 10.8. The van der Waals surface area contributed by atoms with E-state index < -0.39 is 0 Å². The Kier molecular flexibility index (Phi) is 3.52. The van der Waals surface area contributed by atoms with Crippen molar-refractivity contribution in [1.82, 2.24) is 4.90 Å². The van der Waals surface area contributed by atoms with E-state index in [-0.39, 0.29) is 5.91 Å². The highest BCUT2D eigenvalue weighted by atomic mass is 32.1. The molecule has 5 heteroatoms. The van der Waals surface area contributed by atoms with Crippen LogP contribution >= 0.6 is 11.3 Å². The third-order valence-corrected chi connectivity index (χ3v) is 4.32. The number of hydrogen-bond donors (Lipinski definition) is 1. The van der Waals surface area contributed by atoms with E-state index in [4.69, 9.17) is 0 Å². The minimum Gasteiger partial charge on any atom is -0.333 e. The summed E-state index contributed by atoms with van der Waals surface area (Å²) in [7, 11) is 0. The average molecular weight is 286 g/mol. The SMILES string of the molecule is O=CNc1ccc2c(c1)CN(C(=O)c1cccs1)CC2. The van der Waals surface area contributed by atoms with E-state index in [0.717, 1.165) is 29.1 Å². The third-order valence-electron chi connectivity index (χ3n) is 3.46. The van der Waals surface area contributed by atoms with Crippen LogP contribution < -0.4 is 5.32 Å². The van der Waals surface area contributed by atoms with Gasteiger partial charge in [-0.2, -0.15) is 0 Å². The van der Waals surface area contributed by atoms with Gasteiger partial charge in [0.15, 0.2) is 0 Å². The van der Waals surface area contributed by atoms with Crippen molar-refractivity contribution in [2.24, 2.45) is 0 Å². The second-order valence-corrected chi connectivity index (χ2v) is 5.65. The molecule has 1 N–H and O–H groups in total. The highest BCUT2D eigenvalue weighted by Gasteiger charge is 2.22. The molecule has 0 unspecified atom stereocenters. The topological polar surface area (TPSA) is 49.4 Å². The van der Waals surface area contributed by atoms with E-state index in [1.54, 1.807) is 0 Å². The molecule has 2 aromatic rings. The molecular formula is C15H14N2O2S. The largest absolute Gasteiger partial charge is 0.333 e. The van der Waals surface area contributed by atoms with Crippen molar-refractivity contribution in [1.29, 1.82) is 0 Å². The summed E-state index contributed by atoms with van der Waals surface area (Å²) in [5.74, 6) is 0.0828. The molecule has 4 nitrogen and oxygen atoms in total. The Hall–Kier alpha value is -2.14. The van der Waals surface area contributed by atoms with Gasteiger partial charge >= 0.3 is 0 Å². The van der Waals surface area contributed by atoms with Crippen LogP contribution in [0.3, 0.4) is 0 Å². The third kappa shape index (κ3) is 2.44. The van der Waals surface area contributed by atoms with Gasteiger partial charge in [-0.25, -0.2) is 0 Å². The number of anilines is 1. The molecule has 0 spiro atoms. The van der Waals surface area contributed by atoms with Gasteiger partial charge in [0.1, 0.15) is 0 Å². The predicted octanol–water partition coefficient (Wildman–Crippen LogP) is 2.51. The molecule has 2 amide bonds. The number of benzene rings is 1. The first-order valence-corrected chi connectivity index (χ1v) is 7.30. The summed E-state index contributed by atoms with van der Waals surface area (Å²) in [6.45, 7) is 1.34. The molecule has 3 rings (SSSR count).